The average molecular weight is 155 g/mol. The Morgan fingerprint density at radius 2 is 2.64 bits per heavy atom. The van der Waals surface area contributed by atoms with Crippen LogP contribution in [0.4, 0.5) is 0 Å². The normalized spacial score (nSPS) is 39.9. The SMILES string of the molecule is CCOC(=O)[C@]12CC1CCN2. The number of rotatable bonds is 2. The average Bonchev–Trinajstić information content (AvgIpc) is 2.57. The van der Waals surface area contributed by atoms with Crippen molar-refractivity contribution in [2.24, 2.45) is 5.92 Å². The summed E-state index contributed by atoms with van der Waals surface area (Å²) in [5, 5.41) is 3.22. The Kier molecular flexibility index (Phi) is 1.42. The van der Waals surface area contributed by atoms with Crippen molar-refractivity contribution in [1.82, 2.24) is 5.32 Å². The second kappa shape index (κ2) is 2.21. The highest BCUT2D eigenvalue weighted by Gasteiger charge is 2.63. The van der Waals surface area contributed by atoms with Crippen LogP contribution in [0.15, 0.2) is 0 Å². The van der Waals surface area contributed by atoms with Crippen LogP contribution in [0.25, 0.3) is 0 Å². The summed E-state index contributed by atoms with van der Waals surface area (Å²) in [6.45, 7) is 3.32. The van der Waals surface area contributed by atoms with Crippen molar-refractivity contribution in [2.75, 3.05) is 13.2 Å². The molecule has 1 aliphatic heterocycles. The minimum absolute atomic E-state index is 0.0394. The number of carbonyl (C=O) groups is 1. The van der Waals surface area contributed by atoms with E-state index in [1.165, 1.54) is 0 Å². The van der Waals surface area contributed by atoms with E-state index in [0.717, 1.165) is 19.4 Å². The summed E-state index contributed by atoms with van der Waals surface area (Å²) in [6, 6.07) is 0. The van der Waals surface area contributed by atoms with Gasteiger partial charge in [0, 0.05) is 0 Å². The largest absolute Gasteiger partial charge is 0.465 e. The monoisotopic (exact) mass is 155 g/mol. The highest BCUT2D eigenvalue weighted by Crippen LogP contribution is 2.50. The third-order valence-corrected chi connectivity index (χ3v) is 2.68. The van der Waals surface area contributed by atoms with Crippen LogP contribution >= 0.6 is 0 Å². The number of piperidine rings is 1. The predicted molar refractivity (Wildman–Crippen MR) is 40.1 cm³/mol. The van der Waals surface area contributed by atoms with Gasteiger partial charge in [-0.05, 0) is 32.2 Å². The smallest absolute Gasteiger partial charge is 0.326 e. The molecule has 11 heavy (non-hydrogen) atoms. The number of esters is 1. The quantitative estimate of drug-likeness (QED) is 0.583. The molecule has 1 saturated carbocycles. The first-order chi connectivity index (χ1) is 5.29. The fraction of sp³-hybridized carbons (Fsp3) is 0.875. The maximum atomic E-state index is 11.3. The van der Waals surface area contributed by atoms with Gasteiger partial charge in [-0.1, -0.05) is 0 Å². The van der Waals surface area contributed by atoms with E-state index < -0.39 is 0 Å². The molecule has 2 aliphatic rings. The molecular formula is C8H13NO2. The number of nitrogens with one attached hydrogen (secondary N) is 1. The molecule has 0 aromatic carbocycles. The molecule has 0 bridgehead atoms. The van der Waals surface area contributed by atoms with E-state index in [9.17, 15) is 4.79 Å². The summed E-state index contributed by atoms with van der Waals surface area (Å²) in [4.78, 5) is 11.3. The standard InChI is InChI=1S/C8H13NO2/c1-2-11-7(10)8-5-6(8)3-4-9-8/h6,9H,2-5H2,1H3/t6?,8-/m0/s1. The molecule has 3 nitrogen and oxygen atoms in total. The van der Waals surface area contributed by atoms with Crippen molar-refractivity contribution in [1.29, 1.82) is 0 Å². The molecule has 0 amide bonds. The lowest BCUT2D eigenvalue weighted by atomic mass is 10.2. The zero-order valence-corrected chi connectivity index (χ0v) is 6.72. The van der Waals surface area contributed by atoms with Gasteiger partial charge in [-0.25, -0.2) is 0 Å². The van der Waals surface area contributed by atoms with Gasteiger partial charge >= 0.3 is 5.97 Å². The fourth-order valence-corrected chi connectivity index (χ4v) is 1.95. The molecule has 0 radical (unpaired) electrons. The molecule has 1 heterocycles. The zero-order chi connectivity index (χ0) is 7.90. The number of hydrogen-bond acceptors (Lipinski definition) is 3. The van der Waals surface area contributed by atoms with Crippen LogP contribution in [-0.4, -0.2) is 24.7 Å². The molecule has 1 unspecified atom stereocenters. The molecule has 62 valence electrons. The maximum Gasteiger partial charge on any atom is 0.326 e. The van der Waals surface area contributed by atoms with Crippen molar-refractivity contribution in [2.45, 2.75) is 25.3 Å². The second-order valence-corrected chi connectivity index (χ2v) is 3.31. The zero-order valence-electron chi connectivity index (χ0n) is 6.72. The summed E-state index contributed by atoms with van der Waals surface area (Å²) < 4.78 is 4.97. The van der Waals surface area contributed by atoms with Gasteiger partial charge in [0.2, 0.25) is 0 Å². The van der Waals surface area contributed by atoms with E-state index in [1.807, 2.05) is 6.92 Å². The lowest BCUT2D eigenvalue weighted by Gasteiger charge is -2.10. The topological polar surface area (TPSA) is 38.3 Å². The first-order valence-corrected chi connectivity index (χ1v) is 4.22. The number of hydrogen-bond donors (Lipinski definition) is 1. The van der Waals surface area contributed by atoms with Crippen molar-refractivity contribution in [3.63, 3.8) is 0 Å². The van der Waals surface area contributed by atoms with E-state index >= 15 is 0 Å². The Morgan fingerprint density at radius 3 is 3.09 bits per heavy atom. The number of carbonyl (C=O) groups excluding carboxylic acids is 1. The number of ether oxygens (including phenoxy) is 1. The van der Waals surface area contributed by atoms with Gasteiger partial charge in [-0.3, -0.25) is 4.79 Å². The first-order valence-electron chi connectivity index (χ1n) is 4.22. The highest BCUT2D eigenvalue weighted by molar-refractivity contribution is 5.85. The first kappa shape index (κ1) is 7.10. The molecule has 2 fully saturated rings. The van der Waals surface area contributed by atoms with Crippen LogP contribution in [0.1, 0.15) is 19.8 Å². The molecule has 0 spiro atoms. The van der Waals surface area contributed by atoms with Crippen molar-refractivity contribution < 1.29 is 9.53 Å². The number of fused-ring (bicyclic) bond motifs is 1. The Morgan fingerprint density at radius 1 is 1.82 bits per heavy atom. The van der Waals surface area contributed by atoms with Gasteiger partial charge in [-0.2, -0.15) is 0 Å². The van der Waals surface area contributed by atoms with Crippen molar-refractivity contribution in [3.8, 4) is 0 Å². The van der Waals surface area contributed by atoms with Crippen LogP contribution in [0.3, 0.4) is 0 Å². The fourth-order valence-electron chi connectivity index (χ4n) is 1.95. The van der Waals surface area contributed by atoms with Gasteiger partial charge < -0.3 is 10.1 Å². The maximum absolute atomic E-state index is 11.3. The van der Waals surface area contributed by atoms with E-state index in [4.69, 9.17) is 4.74 Å². The molecule has 2 rings (SSSR count). The summed E-state index contributed by atoms with van der Waals surface area (Å²) in [6.07, 6.45) is 2.13. The van der Waals surface area contributed by atoms with Gasteiger partial charge in [0.25, 0.3) is 0 Å². The van der Waals surface area contributed by atoms with Crippen LogP contribution in [0.2, 0.25) is 0 Å². The molecule has 1 saturated heterocycles. The van der Waals surface area contributed by atoms with E-state index in [2.05, 4.69) is 5.32 Å². The van der Waals surface area contributed by atoms with Gasteiger partial charge in [0.1, 0.15) is 5.54 Å². The van der Waals surface area contributed by atoms with E-state index in [1.54, 1.807) is 0 Å². The van der Waals surface area contributed by atoms with Crippen LogP contribution < -0.4 is 5.32 Å². The highest BCUT2D eigenvalue weighted by atomic mass is 16.5. The Bertz CT molecular complexity index is 193. The van der Waals surface area contributed by atoms with Crippen molar-refractivity contribution in [3.05, 3.63) is 0 Å². The summed E-state index contributed by atoms with van der Waals surface area (Å²) in [5.41, 5.74) is -0.240. The minimum atomic E-state index is -0.240. The Balaban J connectivity index is 1.99. The molecule has 0 aromatic rings. The van der Waals surface area contributed by atoms with Crippen LogP contribution in [0, 0.1) is 5.92 Å². The van der Waals surface area contributed by atoms with Crippen LogP contribution in [0.5, 0.6) is 0 Å². The van der Waals surface area contributed by atoms with E-state index in [-0.39, 0.29) is 11.5 Å². The summed E-state index contributed by atoms with van der Waals surface area (Å²) in [7, 11) is 0. The molecule has 2 atom stereocenters. The van der Waals surface area contributed by atoms with Crippen LogP contribution in [-0.2, 0) is 9.53 Å². The third-order valence-electron chi connectivity index (χ3n) is 2.68. The Hall–Kier alpha value is -0.570. The third kappa shape index (κ3) is 0.872. The molecule has 1 N–H and O–H groups in total. The molecule has 3 heteroatoms. The lowest BCUT2D eigenvalue weighted by molar-refractivity contribution is -0.146. The summed E-state index contributed by atoms with van der Waals surface area (Å²) in [5.74, 6) is 0.532. The second-order valence-electron chi connectivity index (χ2n) is 3.31. The van der Waals surface area contributed by atoms with Gasteiger partial charge in [0.05, 0.1) is 6.61 Å². The van der Waals surface area contributed by atoms with Crippen molar-refractivity contribution >= 4 is 5.97 Å². The molecular weight excluding hydrogens is 142 g/mol. The summed E-state index contributed by atoms with van der Waals surface area (Å²) >= 11 is 0. The molecule has 1 aliphatic carbocycles. The molecule has 0 aromatic heterocycles. The van der Waals surface area contributed by atoms with Gasteiger partial charge in [0.15, 0.2) is 0 Å². The van der Waals surface area contributed by atoms with Gasteiger partial charge in [-0.15, -0.1) is 0 Å². The minimum Gasteiger partial charge on any atom is -0.465 e. The lowest BCUT2D eigenvalue weighted by Crippen LogP contribution is -2.38. The van der Waals surface area contributed by atoms with E-state index in [0.29, 0.717) is 12.5 Å². The Labute approximate surface area is 66.1 Å². The predicted octanol–water partition coefficient (Wildman–Crippen LogP) is 0.301.